The summed E-state index contributed by atoms with van der Waals surface area (Å²) in [4.78, 5) is 13.2. The van der Waals surface area contributed by atoms with Gasteiger partial charge in [0.25, 0.3) is 5.91 Å². The van der Waals surface area contributed by atoms with Crippen molar-refractivity contribution >= 4 is 40.5 Å². The van der Waals surface area contributed by atoms with Crippen molar-refractivity contribution < 1.29 is 22.7 Å². The van der Waals surface area contributed by atoms with Gasteiger partial charge in [-0.3, -0.25) is 15.2 Å². The molecule has 0 aromatic heterocycles. The summed E-state index contributed by atoms with van der Waals surface area (Å²) in [5.74, 6) is -2.57. The van der Waals surface area contributed by atoms with Gasteiger partial charge in [-0.1, -0.05) is 48.2 Å². The molecule has 1 fully saturated rings. The van der Waals surface area contributed by atoms with Crippen molar-refractivity contribution in [3.05, 3.63) is 58.1 Å². The number of methoxy groups -OCH3 is 1. The highest BCUT2D eigenvalue weighted by Crippen LogP contribution is 2.48. The Balaban J connectivity index is 1.77. The van der Waals surface area contributed by atoms with Crippen LogP contribution in [0.4, 0.5) is 18.9 Å². The van der Waals surface area contributed by atoms with Gasteiger partial charge in [0.15, 0.2) is 0 Å². The molecule has 2 aliphatic heterocycles. The van der Waals surface area contributed by atoms with Crippen LogP contribution in [0.25, 0.3) is 0 Å². The summed E-state index contributed by atoms with van der Waals surface area (Å²) in [7, 11) is 1.47. The van der Waals surface area contributed by atoms with Gasteiger partial charge in [0.1, 0.15) is 17.4 Å². The number of benzene rings is 2. The summed E-state index contributed by atoms with van der Waals surface area (Å²) in [6, 6.07) is 9.28. The first-order valence-corrected chi connectivity index (χ1v) is 12.0. The molecule has 6 nitrogen and oxygen atoms in total. The third-order valence-electron chi connectivity index (χ3n) is 6.15. The molecule has 1 saturated heterocycles. The van der Waals surface area contributed by atoms with E-state index in [1.54, 1.807) is 17.1 Å². The van der Waals surface area contributed by atoms with Gasteiger partial charge in [0, 0.05) is 18.1 Å². The number of nitrogens with zero attached hydrogens (tertiary/aromatic N) is 3. The van der Waals surface area contributed by atoms with Crippen LogP contribution in [0.1, 0.15) is 37.3 Å². The standard InChI is InChI=1S/C24H25Cl2F3N4O2/c1-35-17-9-6-15(7-10-17)22-20(24(27,28)29)21(23(34)31-32-12-4-2-3-5-13-32)30-33(22)19-11-8-16(25)14-18(19)26/h6-11,14,20,22H,2-5,12-13H2,1H3,(H,31,34)/t20-,22+/m0/s1. The van der Waals surface area contributed by atoms with Crippen LogP contribution < -0.4 is 15.2 Å². The van der Waals surface area contributed by atoms with Crippen LogP contribution in [0, 0.1) is 5.92 Å². The van der Waals surface area contributed by atoms with E-state index in [4.69, 9.17) is 27.9 Å². The van der Waals surface area contributed by atoms with Gasteiger partial charge >= 0.3 is 6.18 Å². The van der Waals surface area contributed by atoms with Crippen molar-refractivity contribution in [3.63, 3.8) is 0 Å². The zero-order valence-corrected chi connectivity index (χ0v) is 20.5. The highest BCUT2D eigenvalue weighted by Gasteiger charge is 2.56. The van der Waals surface area contributed by atoms with E-state index in [1.165, 1.54) is 37.4 Å². The van der Waals surface area contributed by atoms with Crippen molar-refractivity contribution in [2.45, 2.75) is 37.9 Å². The maximum Gasteiger partial charge on any atom is 0.399 e. The molecule has 0 spiro atoms. The zero-order valence-electron chi connectivity index (χ0n) is 19.0. The molecule has 0 saturated carbocycles. The summed E-state index contributed by atoms with van der Waals surface area (Å²) in [5, 5.41) is 7.50. The molecular formula is C24H25Cl2F3N4O2. The minimum Gasteiger partial charge on any atom is -0.497 e. The lowest BCUT2D eigenvalue weighted by molar-refractivity contribution is -0.160. The second kappa shape index (κ2) is 10.6. The van der Waals surface area contributed by atoms with Crippen molar-refractivity contribution in [2.75, 3.05) is 25.2 Å². The van der Waals surface area contributed by atoms with E-state index in [0.717, 1.165) is 30.7 Å². The van der Waals surface area contributed by atoms with E-state index < -0.39 is 29.8 Å². The van der Waals surface area contributed by atoms with E-state index in [2.05, 4.69) is 10.5 Å². The molecule has 0 unspecified atom stereocenters. The zero-order chi connectivity index (χ0) is 25.2. The van der Waals surface area contributed by atoms with Crippen molar-refractivity contribution in [1.29, 1.82) is 0 Å². The molecule has 2 aliphatic rings. The number of hydrazine groups is 1. The lowest BCUT2D eigenvalue weighted by Crippen LogP contribution is -2.49. The predicted molar refractivity (Wildman–Crippen MR) is 130 cm³/mol. The van der Waals surface area contributed by atoms with Crippen LogP contribution in [-0.2, 0) is 4.79 Å². The van der Waals surface area contributed by atoms with Crippen molar-refractivity contribution in [2.24, 2.45) is 11.0 Å². The summed E-state index contributed by atoms with van der Waals surface area (Å²) in [6.45, 7) is 1.15. The smallest absolute Gasteiger partial charge is 0.399 e. The molecule has 4 rings (SSSR count). The first-order chi connectivity index (χ1) is 16.7. The summed E-state index contributed by atoms with van der Waals surface area (Å²) in [6.07, 6.45) is -1.01. The Labute approximate surface area is 211 Å². The molecule has 1 amide bonds. The predicted octanol–water partition coefficient (Wildman–Crippen LogP) is 6.01. The highest BCUT2D eigenvalue weighted by molar-refractivity contribution is 6.41. The Morgan fingerprint density at radius 3 is 2.29 bits per heavy atom. The quantitative estimate of drug-likeness (QED) is 0.516. The largest absolute Gasteiger partial charge is 0.497 e. The fourth-order valence-electron chi connectivity index (χ4n) is 4.44. The number of alkyl halides is 3. The number of hydrazone groups is 1. The van der Waals surface area contributed by atoms with Gasteiger partial charge in [-0.25, -0.2) is 5.01 Å². The van der Waals surface area contributed by atoms with Crippen LogP contribution in [-0.4, -0.2) is 43.0 Å². The molecule has 188 valence electrons. The number of amides is 1. The van der Waals surface area contributed by atoms with Crippen LogP contribution in [0.2, 0.25) is 10.0 Å². The Kier molecular flexibility index (Phi) is 7.78. The molecule has 1 N–H and O–H groups in total. The summed E-state index contributed by atoms with van der Waals surface area (Å²) < 4.78 is 48.9. The second-order valence-corrected chi connectivity index (χ2v) is 9.35. The molecular weight excluding hydrogens is 504 g/mol. The van der Waals surface area contributed by atoms with E-state index in [0.29, 0.717) is 29.4 Å². The number of nitrogens with one attached hydrogen (secondary N) is 1. The van der Waals surface area contributed by atoms with Gasteiger partial charge in [0.05, 0.1) is 23.9 Å². The van der Waals surface area contributed by atoms with E-state index >= 15 is 0 Å². The van der Waals surface area contributed by atoms with Gasteiger partial charge in [0.2, 0.25) is 0 Å². The van der Waals surface area contributed by atoms with E-state index in [1.807, 2.05) is 0 Å². The lowest BCUT2D eigenvalue weighted by Gasteiger charge is -2.30. The number of ether oxygens (including phenoxy) is 1. The fourth-order valence-corrected chi connectivity index (χ4v) is 4.94. The maximum atomic E-state index is 14.6. The van der Waals surface area contributed by atoms with Gasteiger partial charge in [-0.15, -0.1) is 0 Å². The molecule has 2 aromatic carbocycles. The van der Waals surface area contributed by atoms with Crippen molar-refractivity contribution in [3.8, 4) is 5.75 Å². The van der Waals surface area contributed by atoms with Gasteiger partial charge < -0.3 is 4.74 Å². The van der Waals surface area contributed by atoms with Crippen LogP contribution in [0.15, 0.2) is 47.6 Å². The molecule has 11 heteroatoms. The van der Waals surface area contributed by atoms with Crippen LogP contribution in [0.5, 0.6) is 5.75 Å². The number of hydrogen-bond acceptors (Lipinski definition) is 5. The number of anilines is 1. The first-order valence-electron chi connectivity index (χ1n) is 11.3. The first kappa shape index (κ1) is 25.6. The minimum atomic E-state index is -4.76. The second-order valence-electron chi connectivity index (χ2n) is 8.51. The number of hydrogen-bond donors (Lipinski definition) is 1. The van der Waals surface area contributed by atoms with E-state index in [-0.39, 0.29) is 10.7 Å². The third kappa shape index (κ3) is 5.68. The number of carbonyl (C=O) groups excluding carboxylic acids is 1. The number of rotatable bonds is 5. The Bertz CT molecular complexity index is 1090. The number of carbonyl (C=O) groups is 1. The normalized spacial score (nSPS) is 21.4. The molecule has 0 radical (unpaired) electrons. The molecule has 2 aromatic rings. The average Bonchev–Trinajstić information content (AvgIpc) is 3.04. The van der Waals surface area contributed by atoms with Gasteiger partial charge in [-0.05, 0) is 48.7 Å². The average molecular weight is 529 g/mol. The van der Waals surface area contributed by atoms with Crippen LogP contribution >= 0.6 is 23.2 Å². The monoisotopic (exact) mass is 528 g/mol. The minimum absolute atomic E-state index is 0.120. The number of halogens is 5. The molecule has 0 aliphatic carbocycles. The third-order valence-corrected chi connectivity index (χ3v) is 6.69. The lowest BCUT2D eigenvalue weighted by atomic mass is 9.88. The molecule has 2 atom stereocenters. The molecule has 0 bridgehead atoms. The summed E-state index contributed by atoms with van der Waals surface area (Å²) in [5.41, 5.74) is 2.55. The van der Waals surface area contributed by atoms with Gasteiger partial charge in [-0.2, -0.15) is 18.3 Å². The van der Waals surface area contributed by atoms with Crippen LogP contribution in [0.3, 0.4) is 0 Å². The molecule has 35 heavy (non-hydrogen) atoms. The Hall–Kier alpha value is -2.49. The highest BCUT2D eigenvalue weighted by atomic mass is 35.5. The van der Waals surface area contributed by atoms with Crippen molar-refractivity contribution in [1.82, 2.24) is 10.4 Å². The van der Waals surface area contributed by atoms with E-state index in [9.17, 15) is 18.0 Å². The SMILES string of the molecule is COc1ccc([C@@H]2[C@@H](C(F)(F)F)C(C(=O)NN3CCCCCC3)=NN2c2ccc(Cl)cc2Cl)cc1. The Morgan fingerprint density at radius 1 is 1.06 bits per heavy atom. The topological polar surface area (TPSA) is 57.2 Å². The Morgan fingerprint density at radius 2 is 1.71 bits per heavy atom. The maximum absolute atomic E-state index is 14.6. The molecule has 2 heterocycles. The summed E-state index contributed by atoms with van der Waals surface area (Å²) >= 11 is 12.4. The fraction of sp³-hybridized carbons (Fsp3) is 0.417.